The van der Waals surface area contributed by atoms with Gasteiger partial charge < -0.3 is 4.74 Å². The van der Waals surface area contributed by atoms with Gasteiger partial charge in [0.2, 0.25) is 0 Å². The first-order valence-electron chi connectivity index (χ1n) is 5.25. The van der Waals surface area contributed by atoms with Gasteiger partial charge in [0.1, 0.15) is 0 Å². The third kappa shape index (κ3) is 0.953. The summed E-state index contributed by atoms with van der Waals surface area (Å²) in [5.41, 5.74) is 0.743. The van der Waals surface area contributed by atoms with Crippen molar-refractivity contribution in [2.45, 2.75) is 52.1 Å². The van der Waals surface area contributed by atoms with Gasteiger partial charge in [-0.05, 0) is 37.0 Å². The van der Waals surface area contributed by atoms with Crippen LogP contribution in [-0.4, -0.2) is 12.2 Å². The molecule has 1 heteroatoms. The van der Waals surface area contributed by atoms with Gasteiger partial charge in [0, 0.05) is 0 Å². The summed E-state index contributed by atoms with van der Waals surface area (Å²) in [4.78, 5) is 0. The molecule has 0 bridgehead atoms. The SMILES string of the molecule is CCC1C(C)(C)COC12CCC2. The molecule has 0 radical (unpaired) electrons. The first-order chi connectivity index (χ1) is 5.61. The number of hydrogen-bond acceptors (Lipinski definition) is 1. The van der Waals surface area contributed by atoms with Crippen LogP contribution in [0.3, 0.4) is 0 Å². The third-order valence-electron chi connectivity index (χ3n) is 3.92. The van der Waals surface area contributed by atoms with E-state index in [9.17, 15) is 0 Å². The molecule has 70 valence electrons. The van der Waals surface area contributed by atoms with Crippen LogP contribution in [0.2, 0.25) is 0 Å². The summed E-state index contributed by atoms with van der Waals surface area (Å²) < 4.78 is 6.00. The monoisotopic (exact) mass is 168 g/mol. The van der Waals surface area contributed by atoms with E-state index < -0.39 is 0 Å². The highest BCUT2D eigenvalue weighted by Gasteiger charge is 2.55. The molecular weight excluding hydrogens is 148 g/mol. The van der Waals surface area contributed by atoms with Gasteiger partial charge in [0.15, 0.2) is 0 Å². The molecule has 1 spiro atoms. The first kappa shape index (κ1) is 8.55. The Morgan fingerprint density at radius 2 is 2.00 bits per heavy atom. The smallest absolute Gasteiger partial charge is 0.0716 e. The van der Waals surface area contributed by atoms with Crippen molar-refractivity contribution in [2.75, 3.05) is 6.61 Å². The van der Waals surface area contributed by atoms with Crippen molar-refractivity contribution in [3.63, 3.8) is 0 Å². The molecule has 1 saturated heterocycles. The van der Waals surface area contributed by atoms with E-state index in [0.717, 1.165) is 12.5 Å². The van der Waals surface area contributed by atoms with E-state index in [1.807, 2.05) is 0 Å². The fourth-order valence-corrected chi connectivity index (χ4v) is 3.19. The van der Waals surface area contributed by atoms with Crippen LogP contribution >= 0.6 is 0 Å². The maximum absolute atomic E-state index is 6.00. The minimum absolute atomic E-state index is 0.318. The number of rotatable bonds is 1. The molecule has 1 heterocycles. The quantitative estimate of drug-likeness (QED) is 0.585. The Bertz CT molecular complexity index is 179. The zero-order valence-corrected chi connectivity index (χ0v) is 8.52. The lowest BCUT2D eigenvalue weighted by Gasteiger charge is -2.44. The van der Waals surface area contributed by atoms with Crippen LogP contribution < -0.4 is 0 Å². The zero-order chi connectivity index (χ0) is 8.82. The van der Waals surface area contributed by atoms with Gasteiger partial charge in [0.05, 0.1) is 12.2 Å². The number of hydrogen-bond donors (Lipinski definition) is 0. The van der Waals surface area contributed by atoms with Crippen LogP contribution in [-0.2, 0) is 4.74 Å². The van der Waals surface area contributed by atoms with Gasteiger partial charge in [0.25, 0.3) is 0 Å². The number of ether oxygens (including phenoxy) is 1. The first-order valence-corrected chi connectivity index (χ1v) is 5.25. The minimum Gasteiger partial charge on any atom is -0.374 e. The standard InChI is InChI=1S/C11H20O/c1-4-9-10(2,3)8-12-11(9)6-5-7-11/h9H,4-8H2,1-3H3. The van der Waals surface area contributed by atoms with Crippen LogP contribution in [0.15, 0.2) is 0 Å². The van der Waals surface area contributed by atoms with E-state index in [4.69, 9.17) is 4.74 Å². The van der Waals surface area contributed by atoms with Crippen molar-refractivity contribution in [3.8, 4) is 0 Å². The minimum atomic E-state index is 0.318. The Kier molecular flexibility index (Phi) is 1.76. The van der Waals surface area contributed by atoms with Crippen LogP contribution in [0, 0.1) is 11.3 Å². The fraction of sp³-hybridized carbons (Fsp3) is 1.00. The van der Waals surface area contributed by atoms with Crippen LogP contribution in [0.5, 0.6) is 0 Å². The van der Waals surface area contributed by atoms with Gasteiger partial charge in [-0.2, -0.15) is 0 Å². The second-order valence-electron chi connectivity index (χ2n) is 5.16. The van der Waals surface area contributed by atoms with Gasteiger partial charge in [-0.25, -0.2) is 0 Å². The van der Waals surface area contributed by atoms with Crippen molar-refractivity contribution in [2.24, 2.45) is 11.3 Å². The van der Waals surface area contributed by atoms with Crippen molar-refractivity contribution >= 4 is 0 Å². The summed E-state index contributed by atoms with van der Waals surface area (Å²) >= 11 is 0. The second kappa shape index (κ2) is 2.47. The van der Waals surface area contributed by atoms with E-state index in [1.54, 1.807) is 0 Å². The van der Waals surface area contributed by atoms with Crippen molar-refractivity contribution in [3.05, 3.63) is 0 Å². The lowest BCUT2D eigenvalue weighted by atomic mass is 9.63. The maximum atomic E-state index is 6.00. The van der Waals surface area contributed by atoms with E-state index in [2.05, 4.69) is 20.8 Å². The van der Waals surface area contributed by atoms with E-state index in [-0.39, 0.29) is 0 Å². The average Bonchev–Trinajstić information content (AvgIpc) is 2.19. The highest BCUT2D eigenvalue weighted by molar-refractivity contribution is 5.04. The summed E-state index contributed by atoms with van der Waals surface area (Å²) in [5.74, 6) is 0.804. The molecule has 1 unspecified atom stereocenters. The molecule has 0 aromatic heterocycles. The molecule has 2 fully saturated rings. The van der Waals surface area contributed by atoms with Crippen LogP contribution in [0.4, 0.5) is 0 Å². The zero-order valence-electron chi connectivity index (χ0n) is 8.52. The van der Waals surface area contributed by atoms with Gasteiger partial charge in [-0.3, -0.25) is 0 Å². The lowest BCUT2D eigenvalue weighted by molar-refractivity contribution is -0.0829. The van der Waals surface area contributed by atoms with Gasteiger partial charge >= 0.3 is 0 Å². The Morgan fingerprint density at radius 1 is 1.33 bits per heavy atom. The molecule has 1 saturated carbocycles. The van der Waals surface area contributed by atoms with Gasteiger partial charge in [-0.15, -0.1) is 0 Å². The largest absolute Gasteiger partial charge is 0.374 e. The van der Waals surface area contributed by atoms with Crippen molar-refractivity contribution in [1.29, 1.82) is 0 Å². The highest BCUT2D eigenvalue weighted by Crippen LogP contribution is 2.55. The van der Waals surface area contributed by atoms with Crippen molar-refractivity contribution in [1.82, 2.24) is 0 Å². The average molecular weight is 168 g/mol. The summed E-state index contributed by atoms with van der Waals surface area (Å²) in [6, 6.07) is 0. The Morgan fingerprint density at radius 3 is 2.33 bits per heavy atom. The molecule has 2 aliphatic rings. The summed E-state index contributed by atoms with van der Waals surface area (Å²) in [5, 5.41) is 0. The molecule has 0 amide bonds. The Hall–Kier alpha value is -0.0400. The van der Waals surface area contributed by atoms with Gasteiger partial charge in [-0.1, -0.05) is 20.8 Å². The van der Waals surface area contributed by atoms with Crippen LogP contribution in [0.1, 0.15) is 46.5 Å². The molecule has 1 aliphatic heterocycles. The Balaban J connectivity index is 2.18. The Labute approximate surface area is 75.5 Å². The second-order valence-corrected chi connectivity index (χ2v) is 5.16. The molecule has 1 atom stereocenters. The van der Waals surface area contributed by atoms with Crippen LogP contribution in [0.25, 0.3) is 0 Å². The molecule has 12 heavy (non-hydrogen) atoms. The fourth-order valence-electron chi connectivity index (χ4n) is 3.19. The normalized spacial score (nSPS) is 36.8. The lowest BCUT2D eigenvalue weighted by Crippen LogP contribution is -2.44. The molecule has 0 aromatic rings. The molecule has 0 N–H and O–H groups in total. The topological polar surface area (TPSA) is 9.23 Å². The molecule has 1 nitrogen and oxygen atoms in total. The van der Waals surface area contributed by atoms with Crippen molar-refractivity contribution < 1.29 is 4.74 Å². The summed E-state index contributed by atoms with van der Waals surface area (Å²) in [6.45, 7) is 8.00. The highest BCUT2D eigenvalue weighted by atomic mass is 16.5. The maximum Gasteiger partial charge on any atom is 0.0716 e. The molecular formula is C11H20O. The van der Waals surface area contributed by atoms with E-state index in [0.29, 0.717) is 11.0 Å². The third-order valence-corrected chi connectivity index (χ3v) is 3.92. The molecule has 1 aliphatic carbocycles. The molecule has 2 rings (SSSR count). The summed E-state index contributed by atoms with van der Waals surface area (Å²) in [6.07, 6.45) is 5.30. The summed E-state index contributed by atoms with van der Waals surface area (Å²) in [7, 11) is 0. The van der Waals surface area contributed by atoms with E-state index >= 15 is 0 Å². The van der Waals surface area contributed by atoms with E-state index in [1.165, 1.54) is 25.7 Å². The predicted molar refractivity (Wildman–Crippen MR) is 50.1 cm³/mol. The molecule has 0 aromatic carbocycles. The predicted octanol–water partition coefficient (Wildman–Crippen LogP) is 2.99.